The zero-order valence-corrected chi connectivity index (χ0v) is 15.0. The molecule has 1 aromatic rings. The van der Waals surface area contributed by atoms with E-state index in [9.17, 15) is 14.7 Å². The first-order chi connectivity index (χ1) is 11.3. The molecule has 0 saturated carbocycles. The summed E-state index contributed by atoms with van der Waals surface area (Å²) in [7, 11) is 3.09. The van der Waals surface area contributed by atoms with Crippen LogP contribution < -0.4 is 14.8 Å². The highest BCUT2D eigenvalue weighted by Gasteiger charge is 2.31. The molecule has 24 heavy (non-hydrogen) atoms. The Balaban J connectivity index is 2.90. The summed E-state index contributed by atoms with van der Waals surface area (Å²) in [5.74, 6) is -0.546. The van der Waals surface area contributed by atoms with Crippen molar-refractivity contribution in [3.63, 3.8) is 0 Å². The van der Waals surface area contributed by atoms with E-state index in [4.69, 9.17) is 9.47 Å². The van der Waals surface area contributed by atoms with Crippen LogP contribution in [-0.4, -0.2) is 37.7 Å². The minimum absolute atomic E-state index is 0.124. The maximum absolute atomic E-state index is 12.6. The summed E-state index contributed by atoms with van der Waals surface area (Å²) in [4.78, 5) is 23.8. The monoisotopic (exact) mass is 337 g/mol. The molecule has 6 heteroatoms. The van der Waals surface area contributed by atoms with E-state index in [1.165, 1.54) is 7.11 Å². The van der Waals surface area contributed by atoms with E-state index < -0.39 is 17.3 Å². The van der Waals surface area contributed by atoms with Gasteiger partial charge in [0.05, 0.1) is 25.6 Å². The number of carboxylic acid groups (broad SMARTS) is 1. The van der Waals surface area contributed by atoms with E-state index in [-0.39, 0.29) is 12.5 Å². The Labute approximate surface area is 143 Å². The Morgan fingerprint density at radius 1 is 1.21 bits per heavy atom. The molecule has 1 rings (SSSR count). The van der Waals surface area contributed by atoms with Crippen molar-refractivity contribution < 1.29 is 24.2 Å². The molecule has 0 radical (unpaired) electrons. The van der Waals surface area contributed by atoms with Gasteiger partial charge in [-0.15, -0.1) is 0 Å². The lowest BCUT2D eigenvalue weighted by molar-refractivity contribution is -0.142. The van der Waals surface area contributed by atoms with Crippen LogP contribution in [0, 0.1) is 5.92 Å². The van der Waals surface area contributed by atoms with Gasteiger partial charge in [-0.2, -0.15) is 0 Å². The maximum atomic E-state index is 12.6. The summed E-state index contributed by atoms with van der Waals surface area (Å²) in [6, 6.07) is 5.32. The largest absolute Gasteiger partial charge is 0.493 e. The van der Waals surface area contributed by atoms with Gasteiger partial charge in [-0.25, -0.2) is 0 Å². The van der Waals surface area contributed by atoms with Gasteiger partial charge >= 0.3 is 5.97 Å². The molecule has 0 heterocycles. The van der Waals surface area contributed by atoms with Crippen molar-refractivity contribution in [2.45, 2.75) is 39.0 Å². The second kappa shape index (κ2) is 8.57. The fourth-order valence-corrected chi connectivity index (χ4v) is 2.45. The van der Waals surface area contributed by atoms with Gasteiger partial charge < -0.3 is 19.9 Å². The lowest BCUT2D eigenvalue weighted by atomic mass is 9.83. The molecule has 0 aromatic heterocycles. The van der Waals surface area contributed by atoms with Crippen LogP contribution in [0.25, 0.3) is 0 Å². The fraction of sp³-hybridized carbons (Fsp3) is 0.556. The predicted molar refractivity (Wildman–Crippen MR) is 91.6 cm³/mol. The summed E-state index contributed by atoms with van der Waals surface area (Å²) in [6.45, 7) is 5.63. The minimum atomic E-state index is -0.888. The maximum Gasteiger partial charge on any atom is 0.308 e. The average molecular weight is 337 g/mol. The van der Waals surface area contributed by atoms with Gasteiger partial charge in [0.1, 0.15) is 0 Å². The highest BCUT2D eigenvalue weighted by molar-refractivity contribution is 5.88. The molecule has 0 aliphatic heterocycles. The van der Waals surface area contributed by atoms with Crippen LogP contribution >= 0.6 is 0 Å². The number of aliphatic carboxylic acids is 1. The molecule has 1 unspecified atom stereocenters. The minimum Gasteiger partial charge on any atom is -0.493 e. The second-order valence-corrected chi connectivity index (χ2v) is 6.23. The molecule has 134 valence electrons. The number of amides is 1. The number of methoxy groups -OCH3 is 2. The van der Waals surface area contributed by atoms with Gasteiger partial charge in [0.15, 0.2) is 11.5 Å². The van der Waals surface area contributed by atoms with Crippen LogP contribution in [0.3, 0.4) is 0 Å². The van der Waals surface area contributed by atoms with E-state index in [0.717, 1.165) is 12.0 Å². The first kappa shape index (κ1) is 19.8. The first-order valence-corrected chi connectivity index (χ1v) is 8.01. The molecule has 0 aliphatic rings. The normalized spacial score (nSPS) is 12.4. The Morgan fingerprint density at radius 2 is 1.83 bits per heavy atom. The lowest BCUT2D eigenvalue weighted by Crippen LogP contribution is -2.43. The Hall–Kier alpha value is -2.24. The predicted octanol–water partition coefficient (Wildman–Crippen LogP) is 2.60. The molecule has 0 fully saturated rings. The van der Waals surface area contributed by atoms with Crippen molar-refractivity contribution in [2.75, 3.05) is 20.8 Å². The number of ether oxygens (including phenoxy) is 2. The average Bonchev–Trinajstić information content (AvgIpc) is 2.57. The summed E-state index contributed by atoms with van der Waals surface area (Å²) >= 11 is 0. The molecule has 0 aliphatic carbocycles. The molecule has 0 saturated heterocycles. The molecule has 1 amide bonds. The summed E-state index contributed by atoms with van der Waals surface area (Å²) < 4.78 is 10.5. The molecular weight excluding hydrogens is 310 g/mol. The SMILES string of the molecule is CCCC(CNC(=O)C(C)(C)c1ccc(OC)c(OC)c1)C(=O)O. The Kier molecular flexibility index (Phi) is 7.07. The van der Waals surface area contributed by atoms with Gasteiger partial charge in [0.25, 0.3) is 0 Å². The third-order valence-corrected chi connectivity index (χ3v) is 4.17. The lowest BCUT2D eigenvalue weighted by Gasteiger charge is -2.26. The Morgan fingerprint density at radius 3 is 2.33 bits per heavy atom. The number of rotatable bonds is 9. The zero-order chi connectivity index (χ0) is 18.3. The highest BCUT2D eigenvalue weighted by Crippen LogP contribution is 2.33. The van der Waals surface area contributed by atoms with Crippen molar-refractivity contribution in [1.82, 2.24) is 5.32 Å². The molecule has 0 spiro atoms. The van der Waals surface area contributed by atoms with Gasteiger partial charge in [-0.3, -0.25) is 9.59 Å². The van der Waals surface area contributed by atoms with Crippen molar-refractivity contribution in [3.8, 4) is 11.5 Å². The Bertz CT molecular complexity index is 583. The van der Waals surface area contributed by atoms with E-state index >= 15 is 0 Å². The number of carboxylic acids is 1. The summed E-state index contributed by atoms with van der Waals surface area (Å²) in [5, 5.41) is 11.9. The van der Waals surface area contributed by atoms with Gasteiger partial charge in [0, 0.05) is 6.54 Å². The molecule has 0 bridgehead atoms. The third-order valence-electron chi connectivity index (χ3n) is 4.17. The molecule has 6 nitrogen and oxygen atoms in total. The molecule has 2 N–H and O–H groups in total. The van der Waals surface area contributed by atoms with Crippen LogP contribution in [0.1, 0.15) is 39.2 Å². The quantitative estimate of drug-likeness (QED) is 0.723. The van der Waals surface area contributed by atoms with Crippen LogP contribution in [-0.2, 0) is 15.0 Å². The third kappa shape index (κ3) is 4.63. The van der Waals surface area contributed by atoms with Crippen LogP contribution in [0.5, 0.6) is 11.5 Å². The second-order valence-electron chi connectivity index (χ2n) is 6.23. The first-order valence-electron chi connectivity index (χ1n) is 8.01. The molecule has 1 atom stereocenters. The molecule has 1 aromatic carbocycles. The number of benzene rings is 1. The smallest absolute Gasteiger partial charge is 0.308 e. The van der Waals surface area contributed by atoms with Crippen LogP contribution in [0.2, 0.25) is 0 Å². The zero-order valence-electron chi connectivity index (χ0n) is 15.0. The topological polar surface area (TPSA) is 84.9 Å². The van der Waals surface area contributed by atoms with Gasteiger partial charge in [-0.05, 0) is 38.0 Å². The standard InChI is InChI=1S/C18H27NO5/c1-6-7-12(16(20)21)11-19-17(22)18(2,3)13-8-9-14(23-4)15(10-13)24-5/h8-10,12H,6-7,11H2,1-5H3,(H,19,22)(H,20,21). The van der Waals surface area contributed by atoms with Crippen molar-refractivity contribution in [1.29, 1.82) is 0 Å². The van der Waals surface area contributed by atoms with Crippen molar-refractivity contribution in [3.05, 3.63) is 23.8 Å². The molecular formula is C18H27NO5. The number of hydrogen-bond acceptors (Lipinski definition) is 4. The van der Waals surface area contributed by atoms with Crippen LogP contribution in [0.15, 0.2) is 18.2 Å². The van der Waals surface area contributed by atoms with Crippen LogP contribution in [0.4, 0.5) is 0 Å². The van der Waals surface area contributed by atoms with E-state index in [1.807, 2.05) is 13.0 Å². The van der Waals surface area contributed by atoms with Crippen molar-refractivity contribution in [2.24, 2.45) is 5.92 Å². The number of hydrogen-bond donors (Lipinski definition) is 2. The number of carbonyl (C=O) groups excluding carboxylic acids is 1. The highest BCUT2D eigenvalue weighted by atomic mass is 16.5. The fourth-order valence-electron chi connectivity index (χ4n) is 2.45. The summed E-state index contributed by atoms with van der Waals surface area (Å²) in [5.41, 5.74) is -0.0607. The number of carbonyl (C=O) groups is 2. The van der Waals surface area contributed by atoms with E-state index in [2.05, 4.69) is 5.32 Å². The van der Waals surface area contributed by atoms with E-state index in [0.29, 0.717) is 17.9 Å². The number of nitrogens with one attached hydrogen (secondary N) is 1. The van der Waals surface area contributed by atoms with E-state index in [1.54, 1.807) is 33.1 Å². The van der Waals surface area contributed by atoms with Gasteiger partial charge in [-0.1, -0.05) is 19.4 Å². The van der Waals surface area contributed by atoms with Crippen molar-refractivity contribution >= 4 is 11.9 Å². The summed E-state index contributed by atoms with van der Waals surface area (Å²) in [6.07, 6.45) is 1.29. The van der Waals surface area contributed by atoms with Gasteiger partial charge in [0.2, 0.25) is 5.91 Å².